The third-order valence-electron chi connectivity index (χ3n) is 10.6. The van der Waals surface area contributed by atoms with Crippen LogP contribution in [0.15, 0.2) is 158 Å². The van der Waals surface area contributed by atoms with Gasteiger partial charge in [-0.2, -0.15) is 0 Å². The zero-order valence-electron chi connectivity index (χ0n) is 27.4. The van der Waals surface area contributed by atoms with Gasteiger partial charge in [0, 0.05) is 11.1 Å². The molecule has 0 saturated carbocycles. The Morgan fingerprint density at radius 2 is 0.918 bits per heavy atom. The number of aromatic nitrogens is 2. The summed E-state index contributed by atoms with van der Waals surface area (Å²) in [6, 6.07) is 57.3. The minimum Gasteiger partial charge on any atom is -0.228 e. The lowest BCUT2D eigenvalue weighted by Gasteiger charge is -2.21. The molecule has 2 nitrogen and oxygen atoms in total. The standard InChI is InChI=1S/C46H32N2Si/c1-49(2)41-24-9-8-21-40(41)44-45(49)43(29-13-4-3-5-14-29)47-46(48-44)33-18-11-16-31(28-33)30-15-10-17-32(27-30)34-25-26-39-36-20-7-6-19-35(36)38-23-12-22-37(34)42(38)39/h3-28H,1-2H3. The van der Waals surface area contributed by atoms with Crippen molar-refractivity contribution in [3.8, 4) is 78.4 Å². The maximum absolute atomic E-state index is 5.36. The van der Waals surface area contributed by atoms with Crippen LogP contribution in [0, 0.1) is 0 Å². The molecular formula is C46H32N2Si. The highest BCUT2D eigenvalue weighted by atomic mass is 28.3. The molecule has 0 fully saturated rings. The molecule has 0 unspecified atom stereocenters. The van der Waals surface area contributed by atoms with Crippen LogP contribution in [0.1, 0.15) is 0 Å². The number of benzene rings is 7. The van der Waals surface area contributed by atoms with E-state index < -0.39 is 8.07 Å². The summed E-state index contributed by atoms with van der Waals surface area (Å²) in [4.78, 5) is 10.7. The molecule has 8 aromatic rings. The predicted molar refractivity (Wildman–Crippen MR) is 208 cm³/mol. The second-order valence-corrected chi connectivity index (χ2v) is 18.0. The van der Waals surface area contributed by atoms with Crippen LogP contribution in [-0.2, 0) is 0 Å². The van der Waals surface area contributed by atoms with Gasteiger partial charge in [0.15, 0.2) is 5.82 Å². The van der Waals surface area contributed by atoms with Gasteiger partial charge in [-0.1, -0.05) is 159 Å². The molecule has 1 aliphatic heterocycles. The second-order valence-electron chi connectivity index (χ2n) is 13.8. The summed E-state index contributed by atoms with van der Waals surface area (Å²) >= 11 is 0. The normalized spacial score (nSPS) is 13.3. The van der Waals surface area contributed by atoms with Crippen molar-refractivity contribution in [3.05, 3.63) is 158 Å². The second kappa shape index (κ2) is 10.5. The van der Waals surface area contributed by atoms with Gasteiger partial charge in [-0.3, -0.25) is 0 Å². The van der Waals surface area contributed by atoms with E-state index in [9.17, 15) is 0 Å². The number of hydrogen-bond donors (Lipinski definition) is 0. The molecule has 3 heteroatoms. The highest BCUT2D eigenvalue weighted by molar-refractivity contribution is 7.04. The Labute approximate surface area is 287 Å². The molecule has 0 atom stereocenters. The third-order valence-corrected chi connectivity index (χ3v) is 14.1. The van der Waals surface area contributed by atoms with Gasteiger partial charge in [-0.05, 0) is 83.3 Å². The Hall–Kier alpha value is -5.90. The van der Waals surface area contributed by atoms with E-state index in [-0.39, 0.29) is 0 Å². The van der Waals surface area contributed by atoms with E-state index in [1.807, 2.05) is 0 Å². The van der Waals surface area contributed by atoms with Gasteiger partial charge in [0.05, 0.1) is 11.4 Å². The topological polar surface area (TPSA) is 25.8 Å². The quantitative estimate of drug-likeness (QED) is 0.179. The van der Waals surface area contributed by atoms with Gasteiger partial charge < -0.3 is 0 Å². The van der Waals surface area contributed by atoms with Crippen LogP contribution in [-0.4, -0.2) is 18.0 Å². The first-order chi connectivity index (χ1) is 24.1. The number of rotatable bonds is 4. The molecule has 2 aliphatic rings. The Kier molecular flexibility index (Phi) is 6.06. The molecule has 0 radical (unpaired) electrons. The SMILES string of the molecule is C[Si]1(C)c2ccccc2-c2nc(-c3cccc(-c4cccc(-c5ccc6c7c(cccc57)-c5ccccc5-6)c4)c3)nc(-c3ccccc3)c21. The highest BCUT2D eigenvalue weighted by Gasteiger charge is 2.41. The molecule has 1 aliphatic carbocycles. The zero-order chi connectivity index (χ0) is 32.7. The molecule has 0 spiro atoms. The Balaban J connectivity index is 1.10. The van der Waals surface area contributed by atoms with E-state index in [4.69, 9.17) is 9.97 Å². The molecule has 0 amide bonds. The number of fused-ring (bicyclic) bond motifs is 6. The fourth-order valence-corrected chi connectivity index (χ4v) is 11.5. The smallest absolute Gasteiger partial charge is 0.160 e. The van der Waals surface area contributed by atoms with E-state index >= 15 is 0 Å². The summed E-state index contributed by atoms with van der Waals surface area (Å²) in [5, 5.41) is 5.42. The first-order valence-corrected chi connectivity index (χ1v) is 20.0. The highest BCUT2D eigenvalue weighted by Crippen LogP contribution is 2.49. The van der Waals surface area contributed by atoms with Gasteiger partial charge in [-0.15, -0.1) is 0 Å². The van der Waals surface area contributed by atoms with Crippen molar-refractivity contribution >= 4 is 29.2 Å². The lowest BCUT2D eigenvalue weighted by molar-refractivity contribution is 1.20. The molecule has 1 aromatic heterocycles. The first-order valence-electron chi connectivity index (χ1n) is 17.0. The average Bonchev–Trinajstić information content (AvgIpc) is 3.61. The van der Waals surface area contributed by atoms with Crippen LogP contribution in [0.25, 0.3) is 89.2 Å². The monoisotopic (exact) mass is 640 g/mol. The molecule has 10 rings (SSSR count). The molecular weight excluding hydrogens is 609 g/mol. The van der Waals surface area contributed by atoms with E-state index in [1.54, 1.807) is 0 Å². The average molecular weight is 641 g/mol. The van der Waals surface area contributed by atoms with Crippen molar-refractivity contribution in [2.75, 3.05) is 0 Å². The maximum Gasteiger partial charge on any atom is 0.160 e. The summed E-state index contributed by atoms with van der Waals surface area (Å²) in [6.45, 7) is 4.86. The van der Waals surface area contributed by atoms with Crippen molar-refractivity contribution in [1.82, 2.24) is 9.97 Å². The van der Waals surface area contributed by atoms with Crippen LogP contribution >= 0.6 is 0 Å². The van der Waals surface area contributed by atoms with Gasteiger partial charge in [0.1, 0.15) is 8.07 Å². The van der Waals surface area contributed by atoms with Crippen molar-refractivity contribution in [3.63, 3.8) is 0 Å². The fraction of sp³-hybridized carbons (Fsp3) is 0.0435. The number of hydrogen-bond acceptors (Lipinski definition) is 2. The van der Waals surface area contributed by atoms with Crippen LogP contribution in [0.5, 0.6) is 0 Å². The van der Waals surface area contributed by atoms with Crippen molar-refractivity contribution in [2.45, 2.75) is 13.1 Å². The maximum atomic E-state index is 5.36. The molecule has 0 N–H and O–H groups in total. The molecule has 0 bridgehead atoms. The lowest BCUT2D eigenvalue weighted by Crippen LogP contribution is -2.50. The minimum absolute atomic E-state index is 0.768. The largest absolute Gasteiger partial charge is 0.228 e. The molecule has 49 heavy (non-hydrogen) atoms. The van der Waals surface area contributed by atoms with E-state index in [1.165, 1.54) is 65.7 Å². The van der Waals surface area contributed by atoms with Gasteiger partial charge in [0.2, 0.25) is 0 Å². The Morgan fingerprint density at radius 1 is 0.388 bits per heavy atom. The summed E-state index contributed by atoms with van der Waals surface area (Å²) in [6.07, 6.45) is 0. The Bertz CT molecular complexity index is 2610. The van der Waals surface area contributed by atoms with E-state index in [2.05, 4.69) is 171 Å². The van der Waals surface area contributed by atoms with Gasteiger partial charge in [0.25, 0.3) is 0 Å². The van der Waals surface area contributed by atoms with E-state index in [0.29, 0.717) is 0 Å². The van der Waals surface area contributed by atoms with Crippen molar-refractivity contribution in [1.29, 1.82) is 0 Å². The van der Waals surface area contributed by atoms with E-state index in [0.717, 1.165) is 33.9 Å². The molecule has 7 aromatic carbocycles. The summed E-state index contributed by atoms with van der Waals surface area (Å²) in [7, 11) is -2.00. The first kappa shape index (κ1) is 28.1. The summed E-state index contributed by atoms with van der Waals surface area (Å²) in [5.41, 5.74) is 15.7. The summed E-state index contributed by atoms with van der Waals surface area (Å²) < 4.78 is 0. The fourth-order valence-electron chi connectivity index (χ4n) is 8.32. The third kappa shape index (κ3) is 4.19. The minimum atomic E-state index is -2.00. The van der Waals surface area contributed by atoms with Crippen molar-refractivity contribution in [2.24, 2.45) is 0 Å². The Morgan fingerprint density at radius 3 is 1.69 bits per heavy atom. The molecule has 2 heterocycles. The van der Waals surface area contributed by atoms with Crippen LogP contribution in [0.2, 0.25) is 13.1 Å². The van der Waals surface area contributed by atoms with Crippen LogP contribution in [0.3, 0.4) is 0 Å². The zero-order valence-corrected chi connectivity index (χ0v) is 28.4. The van der Waals surface area contributed by atoms with Crippen LogP contribution in [0.4, 0.5) is 0 Å². The predicted octanol–water partition coefficient (Wildman–Crippen LogP) is 10.7. The van der Waals surface area contributed by atoms with Gasteiger partial charge >= 0.3 is 0 Å². The van der Waals surface area contributed by atoms with Crippen LogP contribution < -0.4 is 10.4 Å². The van der Waals surface area contributed by atoms with Gasteiger partial charge in [-0.25, -0.2) is 9.97 Å². The molecule has 230 valence electrons. The summed E-state index contributed by atoms with van der Waals surface area (Å²) in [5.74, 6) is 0.768. The van der Waals surface area contributed by atoms with Crippen molar-refractivity contribution < 1.29 is 0 Å². The molecule has 0 saturated heterocycles. The lowest BCUT2D eigenvalue weighted by atomic mass is 9.92. The number of nitrogens with zero attached hydrogens (tertiary/aromatic N) is 2.